The van der Waals surface area contributed by atoms with Crippen LogP contribution < -0.4 is 10.4 Å². The highest BCUT2D eigenvalue weighted by atomic mass is 16.4. The molecule has 2 bridgehead atoms. The van der Waals surface area contributed by atoms with Crippen LogP contribution in [0.5, 0.6) is 0 Å². The molecule has 0 unspecified atom stereocenters. The third-order valence-electron chi connectivity index (χ3n) is 4.74. The Morgan fingerprint density at radius 3 is 2.28 bits per heavy atom. The first kappa shape index (κ1) is 11.8. The van der Waals surface area contributed by atoms with E-state index in [9.17, 15) is 14.7 Å². The van der Waals surface area contributed by atoms with Crippen LogP contribution in [0.1, 0.15) is 32.1 Å². The van der Waals surface area contributed by atoms with Crippen molar-refractivity contribution in [3.05, 3.63) is 12.2 Å². The lowest BCUT2D eigenvalue weighted by Gasteiger charge is -2.29. The molecule has 98 valence electrons. The number of aliphatic carboxylic acids is 1. The fraction of sp³-hybridized carbons (Fsp3) is 0.714. The van der Waals surface area contributed by atoms with E-state index in [4.69, 9.17) is 0 Å². The lowest BCUT2D eigenvalue weighted by atomic mass is 9.82. The van der Waals surface area contributed by atoms with E-state index in [-0.39, 0.29) is 23.8 Å². The molecule has 0 radical (unpaired) electrons. The number of hydrogen-bond donors (Lipinski definition) is 1. The zero-order chi connectivity index (χ0) is 12.7. The van der Waals surface area contributed by atoms with Crippen LogP contribution in [0.3, 0.4) is 0 Å². The quantitative estimate of drug-likeness (QED) is 0.727. The van der Waals surface area contributed by atoms with Gasteiger partial charge in [-0.1, -0.05) is 25.0 Å². The highest BCUT2D eigenvalue weighted by Gasteiger charge is 2.48. The van der Waals surface area contributed by atoms with Gasteiger partial charge in [0.05, 0.1) is 5.92 Å². The number of allylic oxidation sites excluding steroid dienone is 2. The molecule has 0 spiro atoms. The van der Waals surface area contributed by atoms with Crippen molar-refractivity contribution >= 4 is 11.9 Å². The number of carbonyl (C=O) groups is 2. The van der Waals surface area contributed by atoms with Gasteiger partial charge >= 0.3 is 0 Å². The summed E-state index contributed by atoms with van der Waals surface area (Å²) in [6.45, 7) is 0. The first-order valence-electron chi connectivity index (χ1n) is 6.86. The Balaban J connectivity index is 1.71. The van der Waals surface area contributed by atoms with E-state index in [2.05, 4.69) is 5.32 Å². The number of carboxylic acid groups (broad SMARTS) is 1. The SMILES string of the molecule is O=C([O-])[C@H]1[C@H](C(=O)NC2CCCC2)[C@H]2C=C[C@@H]1C2. The fourth-order valence-electron chi connectivity index (χ4n) is 3.87. The summed E-state index contributed by atoms with van der Waals surface area (Å²) in [5.74, 6) is -2.09. The molecule has 0 aromatic heterocycles. The molecule has 1 N–H and O–H groups in total. The van der Waals surface area contributed by atoms with Crippen LogP contribution in [-0.4, -0.2) is 17.9 Å². The van der Waals surface area contributed by atoms with E-state index in [1.54, 1.807) is 0 Å². The molecule has 2 fully saturated rings. The van der Waals surface area contributed by atoms with Crippen molar-refractivity contribution in [2.75, 3.05) is 0 Å². The number of nitrogens with one attached hydrogen (secondary N) is 1. The van der Waals surface area contributed by atoms with Crippen molar-refractivity contribution in [3.63, 3.8) is 0 Å². The molecule has 0 aliphatic heterocycles. The Bertz CT molecular complexity index is 398. The normalized spacial score (nSPS) is 38.2. The maximum Gasteiger partial charge on any atom is 0.224 e. The third-order valence-corrected chi connectivity index (χ3v) is 4.74. The Hall–Kier alpha value is -1.32. The van der Waals surface area contributed by atoms with Gasteiger partial charge in [-0.25, -0.2) is 0 Å². The maximum atomic E-state index is 12.3. The summed E-state index contributed by atoms with van der Waals surface area (Å²) in [6.07, 6.45) is 9.10. The van der Waals surface area contributed by atoms with E-state index < -0.39 is 17.8 Å². The van der Waals surface area contributed by atoms with Gasteiger partial charge in [-0.3, -0.25) is 4.79 Å². The van der Waals surface area contributed by atoms with Crippen molar-refractivity contribution in [3.8, 4) is 0 Å². The second kappa shape index (κ2) is 4.41. The number of rotatable bonds is 3. The van der Waals surface area contributed by atoms with Gasteiger partial charge in [0.15, 0.2) is 0 Å². The van der Waals surface area contributed by atoms with E-state index >= 15 is 0 Å². The highest BCUT2D eigenvalue weighted by molar-refractivity contribution is 5.86. The molecule has 3 rings (SSSR count). The largest absolute Gasteiger partial charge is 0.550 e. The van der Waals surface area contributed by atoms with Gasteiger partial charge in [0, 0.05) is 17.9 Å². The predicted octanol–water partition coefficient (Wildman–Crippen LogP) is 0.233. The van der Waals surface area contributed by atoms with Crippen molar-refractivity contribution in [1.29, 1.82) is 0 Å². The number of carboxylic acids is 1. The van der Waals surface area contributed by atoms with Crippen LogP contribution in [0.25, 0.3) is 0 Å². The van der Waals surface area contributed by atoms with Gasteiger partial charge < -0.3 is 15.2 Å². The van der Waals surface area contributed by atoms with Crippen LogP contribution >= 0.6 is 0 Å². The Labute approximate surface area is 106 Å². The molecule has 4 heteroatoms. The minimum Gasteiger partial charge on any atom is -0.550 e. The summed E-state index contributed by atoms with van der Waals surface area (Å²) in [6, 6.07) is 0.253. The third kappa shape index (κ3) is 1.84. The van der Waals surface area contributed by atoms with Gasteiger partial charge in [0.2, 0.25) is 5.91 Å². The van der Waals surface area contributed by atoms with Gasteiger partial charge in [-0.05, 0) is 31.1 Å². The summed E-state index contributed by atoms with van der Waals surface area (Å²) >= 11 is 0. The van der Waals surface area contributed by atoms with Crippen molar-refractivity contribution in [2.45, 2.75) is 38.1 Å². The molecule has 0 heterocycles. The Kier molecular flexibility index (Phi) is 2.88. The van der Waals surface area contributed by atoms with E-state index in [1.807, 2.05) is 12.2 Å². The second-order valence-corrected chi connectivity index (χ2v) is 5.81. The molecule has 3 aliphatic rings. The van der Waals surface area contributed by atoms with Gasteiger partial charge in [0.1, 0.15) is 0 Å². The minimum atomic E-state index is -1.07. The van der Waals surface area contributed by atoms with E-state index in [1.165, 1.54) is 0 Å². The number of carbonyl (C=O) groups excluding carboxylic acids is 2. The molecule has 0 saturated heterocycles. The molecular weight excluding hydrogens is 230 g/mol. The van der Waals surface area contributed by atoms with Crippen LogP contribution in [-0.2, 0) is 9.59 Å². The summed E-state index contributed by atoms with van der Waals surface area (Å²) in [5.41, 5.74) is 0. The fourth-order valence-corrected chi connectivity index (χ4v) is 3.87. The van der Waals surface area contributed by atoms with Crippen LogP contribution in [0, 0.1) is 23.7 Å². The van der Waals surface area contributed by atoms with E-state index in [0.717, 1.165) is 32.1 Å². The number of hydrogen-bond acceptors (Lipinski definition) is 3. The van der Waals surface area contributed by atoms with Crippen molar-refractivity contribution in [1.82, 2.24) is 5.32 Å². The summed E-state index contributed by atoms with van der Waals surface area (Å²) in [4.78, 5) is 23.5. The van der Waals surface area contributed by atoms with Crippen LogP contribution in [0.2, 0.25) is 0 Å². The average Bonchev–Trinajstić information content (AvgIpc) is 3.03. The molecule has 3 aliphatic carbocycles. The first-order chi connectivity index (χ1) is 8.66. The molecular formula is C14H18NO3-. The molecule has 1 amide bonds. The Morgan fingerprint density at radius 1 is 1.06 bits per heavy atom. The molecule has 18 heavy (non-hydrogen) atoms. The number of amides is 1. The zero-order valence-corrected chi connectivity index (χ0v) is 10.3. The molecule has 2 saturated carbocycles. The van der Waals surface area contributed by atoms with Gasteiger partial charge in [-0.2, -0.15) is 0 Å². The van der Waals surface area contributed by atoms with Gasteiger partial charge in [0.25, 0.3) is 0 Å². The standard InChI is InChI=1S/C14H19NO3/c16-13(15-10-3-1-2-4-10)11-8-5-6-9(7-8)12(11)14(17)18/h5-6,8-12H,1-4,7H2,(H,15,16)(H,17,18)/p-1/t8-,9+,11+,12+/m0/s1. The Morgan fingerprint density at radius 2 is 1.67 bits per heavy atom. The minimum absolute atomic E-state index is 0.000622. The predicted molar refractivity (Wildman–Crippen MR) is 63.1 cm³/mol. The van der Waals surface area contributed by atoms with Crippen LogP contribution in [0.4, 0.5) is 0 Å². The van der Waals surface area contributed by atoms with E-state index in [0.29, 0.717) is 0 Å². The number of fused-ring (bicyclic) bond motifs is 2. The van der Waals surface area contributed by atoms with Crippen molar-refractivity contribution in [2.24, 2.45) is 23.7 Å². The summed E-state index contributed by atoms with van der Waals surface area (Å²) in [5, 5.41) is 14.2. The summed E-state index contributed by atoms with van der Waals surface area (Å²) in [7, 11) is 0. The zero-order valence-electron chi connectivity index (χ0n) is 10.3. The smallest absolute Gasteiger partial charge is 0.224 e. The molecule has 4 nitrogen and oxygen atoms in total. The second-order valence-electron chi connectivity index (χ2n) is 5.81. The monoisotopic (exact) mass is 248 g/mol. The highest BCUT2D eigenvalue weighted by Crippen LogP contribution is 2.47. The van der Waals surface area contributed by atoms with Crippen molar-refractivity contribution < 1.29 is 14.7 Å². The molecule has 4 atom stereocenters. The molecule has 0 aromatic rings. The molecule has 0 aromatic carbocycles. The van der Waals surface area contributed by atoms with Gasteiger partial charge in [-0.15, -0.1) is 0 Å². The average molecular weight is 248 g/mol. The summed E-state index contributed by atoms with van der Waals surface area (Å²) < 4.78 is 0. The maximum absolute atomic E-state index is 12.3. The first-order valence-corrected chi connectivity index (χ1v) is 6.86. The topological polar surface area (TPSA) is 69.2 Å². The van der Waals surface area contributed by atoms with Crippen LogP contribution in [0.15, 0.2) is 12.2 Å². The lowest BCUT2D eigenvalue weighted by Crippen LogP contribution is -2.46. The lowest BCUT2D eigenvalue weighted by molar-refractivity contribution is -0.313.